The first-order chi connectivity index (χ1) is 12.3. The summed E-state index contributed by atoms with van der Waals surface area (Å²) in [6, 6.07) is 25.3. The summed E-state index contributed by atoms with van der Waals surface area (Å²) in [6.45, 7) is 0.468. The van der Waals surface area contributed by atoms with E-state index in [0.29, 0.717) is 12.2 Å². The number of para-hydroxylation sites is 2. The van der Waals surface area contributed by atoms with Gasteiger partial charge in [-0.2, -0.15) is 5.26 Å². The maximum absolute atomic E-state index is 8.81. The van der Waals surface area contributed by atoms with Crippen molar-refractivity contribution in [3.05, 3.63) is 83.9 Å². The highest BCUT2D eigenvalue weighted by Gasteiger charge is 2.05. The summed E-state index contributed by atoms with van der Waals surface area (Å²) in [5.74, 6) is 1.64. The van der Waals surface area contributed by atoms with Crippen LogP contribution in [0.3, 0.4) is 0 Å². The zero-order valence-corrected chi connectivity index (χ0v) is 13.4. The van der Waals surface area contributed by atoms with Gasteiger partial charge in [-0.1, -0.05) is 24.3 Å². The van der Waals surface area contributed by atoms with Gasteiger partial charge < -0.3 is 9.72 Å². The highest BCUT2D eigenvalue weighted by Crippen LogP contribution is 2.23. The molecule has 1 N–H and O–H groups in total. The molecule has 0 saturated carbocycles. The fourth-order valence-corrected chi connectivity index (χ4v) is 2.64. The molecule has 1 aromatic heterocycles. The molecular weight excluding hydrogens is 310 g/mol. The number of ether oxygens (including phenoxy) is 1. The van der Waals surface area contributed by atoms with E-state index in [9.17, 15) is 0 Å². The highest BCUT2D eigenvalue weighted by molar-refractivity contribution is 5.79. The summed E-state index contributed by atoms with van der Waals surface area (Å²) in [4.78, 5) is 7.92. The average molecular weight is 325 g/mol. The van der Waals surface area contributed by atoms with Crippen molar-refractivity contribution in [2.75, 3.05) is 0 Å². The van der Waals surface area contributed by atoms with Gasteiger partial charge in [-0.15, -0.1) is 0 Å². The van der Waals surface area contributed by atoms with Crippen molar-refractivity contribution in [1.82, 2.24) is 9.97 Å². The third-order valence-electron chi connectivity index (χ3n) is 4.01. The molecule has 0 bridgehead atoms. The second kappa shape index (κ2) is 6.50. The van der Waals surface area contributed by atoms with Crippen molar-refractivity contribution in [2.45, 2.75) is 6.61 Å². The molecular formula is C21H15N3O. The first-order valence-electron chi connectivity index (χ1n) is 7.99. The Morgan fingerprint density at radius 2 is 1.68 bits per heavy atom. The van der Waals surface area contributed by atoms with Crippen LogP contribution in [-0.4, -0.2) is 9.97 Å². The molecule has 4 rings (SSSR count). The molecule has 0 atom stereocenters. The van der Waals surface area contributed by atoms with Gasteiger partial charge in [-0.25, -0.2) is 4.98 Å². The highest BCUT2D eigenvalue weighted by atomic mass is 16.5. The van der Waals surface area contributed by atoms with Crippen molar-refractivity contribution in [2.24, 2.45) is 0 Å². The van der Waals surface area contributed by atoms with Crippen LogP contribution in [0.5, 0.6) is 5.75 Å². The Bertz CT molecular complexity index is 1010. The maximum atomic E-state index is 8.81. The van der Waals surface area contributed by atoms with Crippen LogP contribution in [0, 0.1) is 11.3 Å². The SMILES string of the molecule is N#Cc1ccc(COc2ccc(-c3nc4ccccc4[nH]3)cc2)cc1. The molecule has 0 fully saturated rings. The van der Waals surface area contributed by atoms with Crippen LogP contribution in [0.25, 0.3) is 22.4 Å². The fraction of sp³-hybridized carbons (Fsp3) is 0.0476. The van der Waals surface area contributed by atoms with Crippen LogP contribution in [0.4, 0.5) is 0 Å². The number of H-pyrrole nitrogens is 1. The summed E-state index contributed by atoms with van der Waals surface area (Å²) in [5.41, 5.74) is 4.68. The summed E-state index contributed by atoms with van der Waals surface area (Å²) < 4.78 is 5.80. The molecule has 4 heteroatoms. The summed E-state index contributed by atoms with van der Waals surface area (Å²) in [6.07, 6.45) is 0. The zero-order valence-electron chi connectivity index (χ0n) is 13.4. The first kappa shape index (κ1) is 15.0. The van der Waals surface area contributed by atoms with Crippen molar-refractivity contribution >= 4 is 11.0 Å². The van der Waals surface area contributed by atoms with E-state index >= 15 is 0 Å². The Kier molecular flexibility index (Phi) is 3.89. The van der Waals surface area contributed by atoms with Crippen LogP contribution >= 0.6 is 0 Å². The summed E-state index contributed by atoms with van der Waals surface area (Å²) in [7, 11) is 0. The molecule has 0 saturated heterocycles. The number of hydrogen-bond donors (Lipinski definition) is 1. The lowest BCUT2D eigenvalue weighted by Gasteiger charge is -2.07. The van der Waals surface area contributed by atoms with E-state index in [0.717, 1.165) is 33.7 Å². The quantitative estimate of drug-likeness (QED) is 0.592. The minimum atomic E-state index is 0.468. The number of benzene rings is 3. The molecule has 1 heterocycles. The van der Waals surface area contributed by atoms with E-state index in [-0.39, 0.29) is 0 Å². The molecule has 0 amide bonds. The van der Waals surface area contributed by atoms with Crippen molar-refractivity contribution in [3.8, 4) is 23.2 Å². The Balaban J connectivity index is 1.47. The van der Waals surface area contributed by atoms with Crippen LogP contribution in [0.15, 0.2) is 72.8 Å². The third-order valence-corrected chi connectivity index (χ3v) is 4.01. The predicted molar refractivity (Wildman–Crippen MR) is 97.0 cm³/mol. The molecule has 0 unspecified atom stereocenters. The molecule has 0 radical (unpaired) electrons. The van der Waals surface area contributed by atoms with Crippen molar-refractivity contribution in [1.29, 1.82) is 5.26 Å². The minimum absolute atomic E-state index is 0.468. The van der Waals surface area contributed by atoms with E-state index in [1.807, 2.05) is 60.7 Å². The van der Waals surface area contributed by atoms with Crippen LogP contribution in [-0.2, 0) is 6.61 Å². The van der Waals surface area contributed by atoms with Crippen molar-refractivity contribution < 1.29 is 4.74 Å². The lowest BCUT2D eigenvalue weighted by atomic mass is 10.1. The average Bonchev–Trinajstić information content (AvgIpc) is 3.11. The van der Waals surface area contributed by atoms with Crippen LogP contribution in [0.1, 0.15) is 11.1 Å². The number of rotatable bonds is 4. The van der Waals surface area contributed by atoms with Gasteiger partial charge in [0.15, 0.2) is 0 Å². The Labute approximate surface area is 145 Å². The number of hydrogen-bond acceptors (Lipinski definition) is 3. The molecule has 0 spiro atoms. The largest absolute Gasteiger partial charge is 0.489 e. The number of aromatic amines is 1. The zero-order chi connectivity index (χ0) is 17.1. The standard InChI is InChI=1S/C21H15N3O/c22-13-15-5-7-16(8-6-15)14-25-18-11-9-17(10-12-18)21-23-19-3-1-2-4-20(19)24-21/h1-12H,14H2,(H,23,24). The van der Waals surface area contributed by atoms with Gasteiger partial charge in [0, 0.05) is 5.56 Å². The molecule has 120 valence electrons. The van der Waals surface area contributed by atoms with E-state index < -0.39 is 0 Å². The van der Waals surface area contributed by atoms with E-state index in [1.165, 1.54) is 0 Å². The number of aromatic nitrogens is 2. The monoisotopic (exact) mass is 325 g/mol. The van der Waals surface area contributed by atoms with Gasteiger partial charge in [-0.05, 0) is 54.1 Å². The topological polar surface area (TPSA) is 61.7 Å². The van der Waals surface area contributed by atoms with E-state index in [2.05, 4.69) is 16.0 Å². The Morgan fingerprint density at radius 1 is 0.920 bits per heavy atom. The Hall–Kier alpha value is -3.58. The Morgan fingerprint density at radius 3 is 2.40 bits per heavy atom. The number of imidazole rings is 1. The van der Waals surface area contributed by atoms with Crippen LogP contribution in [0.2, 0.25) is 0 Å². The van der Waals surface area contributed by atoms with Gasteiger partial charge in [0.25, 0.3) is 0 Å². The maximum Gasteiger partial charge on any atom is 0.138 e. The summed E-state index contributed by atoms with van der Waals surface area (Å²) >= 11 is 0. The summed E-state index contributed by atoms with van der Waals surface area (Å²) in [5, 5.41) is 8.81. The lowest BCUT2D eigenvalue weighted by molar-refractivity contribution is 0.306. The number of nitrogens with zero attached hydrogens (tertiary/aromatic N) is 2. The number of nitriles is 1. The van der Waals surface area contributed by atoms with E-state index in [1.54, 1.807) is 12.1 Å². The molecule has 0 aliphatic rings. The number of fused-ring (bicyclic) bond motifs is 1. The molecule has 4 nitrogen and oxygen atoms in total. The fourth-order valence-electron chi connectivity index (χ4n) is 2.64. The van der Waals surface area contributed by atoms with Gasteiger partial charge in [-0.3, -0.25) is 0 Å². The molecule has 25 heavy (non-hydrogen) atoms. The van der Waals surface area contributed by atoms with E-state index in [4.69, 9.17) is 10.00 Å². The van der Waals surface area contributed by atoms with Gasteiger partial charge in [0.05, 0.1) is 22.7 Å². The normalized spacial score (nSPS) is 10.5. The second-order valence-electron chi connectivity index (χ2n) is 5.72. The molecule has 0 aliphatic heterocycles. The lowest BCUT2D eigenvalue weighted by Crippen LogP contribution is -1.95. The van der Waals surface area contributed by atoms with Gasteiger partial charge in [0.1, 0.15) is 18.2 Å². The van der Waals surface area contributed by atoms with Gasteiger partial charge in [0.2, 0.25) is 0 Å². The molecule has 0 aliphatic carbocycles. The predicted octanol–water partition coefficient (Wildman–Crippen LogP) is 4.68. The van der Waals surface area contributed by atoms with Crippen molar-refractivity contribution in [3.63, 3.8) is 0 Å². The van der Waals surface area contributed by atoms with Crippen LogP contribution < -0.4 is 4.74 Å². The third kappa shape index (κ3) is 3.22. The molecule has 4 aromatic rings. The second-order valence-corrected chi connectivity index (χ2v) is 5.72. The minimum Gasteiger partial charge on any atom is -0.489 e. The first-order valence-corrected chi connectivity index (χ1v) is 7.99. The smallest absolute Gasteiger partial charge is 0.138 e. The number of nitrogens with one attached hydrogen (secondary N) is 1. The van der Waals surface area contributed by atoms with Gasteiger partial charge >= 0.3 is 0 Å². The molecule has 3 aromatic carbocycles.